The third-order valence-corrected chi connectivity index (χ3v) is 3.95. The Kier molecular flexibility index (Phi) is 4.58. The fourth-order valence-corrected chi connectivity index (χ4v) is 1.30. The Hall–Kier alpha value is 0.520. The molecule has 0 fully saturated rings. The summed E-state index contributed by atoms with van der Waals surface area (Å²) in [5.41, 5.74) is 0. The third kappa shape index (κ3) is 3.26. The molecule has 0 N–H and O–H groups in total. The van der Waals surface area contributed by atoms with Crippen LogP contribution in [0.15, 0.2) is 0 Å². The van der Waals surface area contributed by atoms with E-state index in [1.54, 1.807) is 0 Å². The Balaban J connectivity index is 2.93. The van der Waals surface area contributed by atoms with Crippen LogP contribution in [0.5, 0.6) is 0 Å². The van der Waals surface area contributed by atoms with E-state index in [1.165, 1.54) is 4.80 Å². The molecule has 0 atom stereocenters. The number of hydrogen-bond donors (Lipinski definition) is 0. The zero-order valence-corrected chi connectivity index (χ0v) is 12.2. The van der Waals surface area contributed by atoms with E-state index in [2.05, 4.69) is 15.4 Å². The highest BCUT2D eigenvalue weighted by Crippen LogP contribution is 2.51. The molecule has 9 heteroatoms. The van der Waals surface area contributed by atoms with Crippen LogP contribution < -0.4 is 0 Å². The van der Waals surface area contributed by atoms with Gasteiger partial charge in [-0.2, -0.15) is 4.80 Å². The first-order valence-electron chi connectivity index (χ1n) is 4.37. The van der Waals surface area contributed by atoms with Gasteiger partial charge in [0, 0.05) is 0 Å². The first-order chi connectivity index (χ1) is 7.14. The molecule has 1 aromatic rings. The zero-order valence-electron chi connectivity index (χ0n) is 8.46. The minimum absolute atomic E-state index is 0.0310. The molecule has 0 spiro atoms. The van der Waals surface area contributed by atoms with Crippen molar-refractivity contribution in [1.29, 1.82) is 0 Å². The van der Waals surface area contributed by atoms with Crippen molar-refractivity contribution in [2.24, 2.45) is 5.92 Å². The van der Waals surface area contributed by atoms with E-state index in [-0.39, 0.29) is 5.82 Å². The van der Waals surface area contributed by atoms with Crippen molar-refractivity contribution < 1.29 is 0 Å². The number of alkyl halides is 5. The number of tetrazole rings is 1. The highest BCUT2D eigenvalue weighted by Gasteiger charge is 2.51. The normalized spacial score (nSPS) is 13.5. The molecule has 1 heterocycles. The van der Waals surface area contributed by atoms with Gasteiger partial charge in [0.15, 0.2) is 0 Å². The minimum atomic E-state index is -1.93. The fourth-order valence-electron chi connectivity index (χ4n) is 0.900. The summed E-state index contributed by atoms with van der Waals surface area (Å²) in [5.74, 6) is 0.325. The number of aromatic nitrogens is 4. The molecular weight excluding hydrogens is 317 g/mol. The molecule has 0 aliphatic carbocycles. The lowest BCUT2D eigenvalue weighted by Crippen LogP contribution is -2.30. The minimum Gasteiger partial charge on any atom is -0.164 e. The van der Waals surface area contributed by atoms with E-state index in [0.29, 0.717) is 12.5 Å². The van der Waals surface area contributed by atoms with Gasteiger partial charge in [0.05, 0.1) is 6.54 Å². The first kappa shape index (κ1) is 14.6. The van der Waals surface area contributed by atoms with Gasteiger partial charge < -0.3 is 0 Å². The molecular formula is C7H9Cl5N4. The summed E-state index contributed by atoms with van der Waals surface area (Å²) in [6.07, 6.45) is 0. The second kappa shape index (κ2) is 5.02. The van der Waals surface area contributed by atoms with Crippen LogP contribution in [0.3, 0.4) is 0 Å². The van der Waals surface area contributed by atoms with Crippen LogP contribution in [-0.2, 0) is 10.9 Å². The predicted octanol–water partition coefficient (Wildman–Crippen LogP) is 3.33. The van der Waals surface area contributed by atoms with E-state index in [4.69, 9.17) is 58.0 Å². The van der Waals surface area contributed by atoms with Gasteiger partial charge in [0.2, 0.25) is 14.0 Å². The molecule has 0 bridgehead atoms. The van der Waals surface area contributed by atoms with Crippen LogP contribution in [0.4, 0.5) is 0 Å². The molecule has 0 amide bonds. The molecule has 1 rings (SSSR count). The maximum absolute atomic E-state index is 5.88. The van der Waals surface area contributed by atoms with Gasteiger partial charge in [-0.15, -0.1) is 10.2 Å². The van der Waals surface area contributed by atoms with E-state index in [0.717, 1.165) is 0 Å². The average Bonchev–Trinajstić information content (AvgIpc) is 2.49. The molecule has 0 aliphatic rings. The first-order valence-corrected chi connectivity index (χ1v) is 6.26. The molecule has 0 aliphatic heterocycles. The second-order valence-corrected chi connectivity index (χ2v) is 7.24. The van der Waals surface area contributed by atoms with Crippen LogP contribution in [0.2, 0.25) is 0 Å². The summed E-state index contributed by atoms with van der Waals surface area (Å²) >= 11 is 28.6. The summed E-state index contributed by atoms with van der Waals surface area (Å²) < 4.78 is -3.76. The molecule has 0 unspecified atom stereocenters. The largest absolute Gasteiger partial charge is 0.230 e. The highest BCUT2D eigenvalue weighted by molar-refractivity contribution is 6.75. The van der Waals surface area contributed by atoms with Crippen molar-refractivity contribution in [2.75, 3.05) is 0 Å². The van der Waals surface area contributed by atoms with Gasteiger partial charge in [0.25, 0.3) is 0 Å². The van der Waals surface area contributed by atoms with Crippen molar-refractivity contribution in [1.82, 2.24) is 20.2 Å². The van der Waals surface area contributed by atoms with Crippen molar-refractivity contribution in [3.05, 3.63) is 5.82 Å². The number of rotatable bonds is 3. The summed E-state index contributed by atoms with van der Waals surface area (Å²) in [7, 11) is 0. The van der Waals surface area contributed by atoms with E-state index >= 15 is 0 Å². The average molecular weight is 326 g/mol. The SMILES string of the molecule is CC(C)Cn1nnc(C(Cl)(Cl)C(Cl)(Cl)Cl)n1. The summed E-state index contributed by atoms with van der Waals surface area (Å²) in [6.45, 7) is 4.59. The zero-order chi connectivity index (χ0) is 12.6. The Bertz CT molecular complexity index is 356. The molecule has 0 saturated carbocycles. The van der Waals surface area contributed by atoms with Crippen molar-refractivity contribution in [3.63, 3.8) is 0 Å². The standard InChI is InChI=1S/C7H9Cl5N4/c1-4(2)3-16-14-5(13-15-16)6(8,9)7(10,11)12/h4H,3H2,1-2H3. The van der Waals surface area contributed by atoms with E-state index in [1.807, 2.05) is 13.8 Å². The van der Waals surface area contributed by atoms with Crippen LogP contribution >= 0.6 is 58.0 Å². The second-order valence-electron chi connectivity index (χ2n) is 3.63. The number of hydrogen-bond acceptors (Lipinski definition) is 3. The van der Waals surface area contributed by atoms with Crippen molar-refractivity contribution >= 4 is 58.0 Å². The molecule has 0 radical (unpaired) electrons. The maximum atomic E-state index is 5.88. The summed E-state index contributed by atoms with van der Waals surface area (Å²) in [5, 5.41) is 11.4. The van der Waals surface area contributed by atoms with Crippen LogP contribution in [-0.4, -0.2) is 24.0 Å². The van der Waals surface area contributed by atoms with Gasteiger partial charge in [-0.05, 0) is 11.1 Å². The van der Waals surface area contributed by atoms with Gasteiger partial charge >= 0.3 is 0 Å². The van der Waals surface area contributed by atoms with Gasteiger partial charge in [-0.3, -0.25) is 0 Å². The Morgan fingerprint density at radius 1 is 1.19 bits per heavy atom. The van der Waals surface area contributed by atoms with Gasteiger partial charge in [0.1, 0.15) is 0 Å². The lowest BCUT2D eigenvalue weighted by molar-refractivity contribution is 0.428. The quantitative estimate of drug-likeness (QED) is 0.800. The topological polar surface area (TPSA) is 43.6 Å². The molecule has 1 aromatic heterocycles. The van der Waals surface area contributed by atoms with Crippen LogP contribution in [0.1, 0.15) is 19.7 Å². The third-order valence-electron chi connectivity index (χ3n) is 1.62. The van der Waals surface area contributed by atoms with Gasteiger partial charge in [-0.1, -0.05) is 71.9 Å². The molecule has 92 valence electrons. The molecule has 16 heavy (non-hydrogen) atoms. The predicted molar refractivity (Wildman–Crippen MR) is 66.3 cm³/mol. The van der Waals surface area contributed by atoms with Crippen molar-refractivity contribution in [2.45, 2.75) is 28.5 Å². The fraction of sp³-hybridized carbons (Fsp3) is 0.857. The highest BCUT2D eigenvalue weighted by atomic mass is 35.6. The summed E-state index contributed by atoms with van der Waals surface area (Å²) in [4.78, 5) is 1.36. The van der Waals surface area contributed by atoms with Gasteiger partial charge in [-0.25, -0.2) is 0 Å². The Morgan fingerprint density at radius 2 is 1.75 bits per heavy atom. The number of nitrogens with zero attached hydrogens (tertiary/aromatic N) is 4. The summed E-state index contributed by atoms with van der Waals surface area (Å²) in [6, 6.07) is 0. The lowest BCUT2D eigenvalue weighted by Gasteiger charge is -2.23. The maximum Gasteiger partial charge on any atom is 0.230 e. The van der Waals surface area contributed by atoms with Crippen molar-refractivity contribution in [3.8, 4) is 0 Å². The molecule has 0 saturated heterocycles. The smallest absolute Gasteiger partial charge is 0.164 e. The number of halogens is 5. The lowest BCUT2D eigenvalue weighted by atomic mass is 10.2. The Labute approximate surface area is 118 Å². The van der Waals surface area contributed by atoms with E-state index < -0.39 is 8.13 Å². The molecule has 4 nitrogen and oxygen atoms in total. The molecule has 0 aromatic carbocycles. The Morgan fingerprint density at radius 3 is 2.19 bits per heavy atom. The van der Waals surface area contributed by atoms with E-state index in [9.17, 15) is 0 Å². The van der Waals surface area contributed by atoms with Crippen LogP contribution in [0.25, 0.3) is 0 Å². The van der Waals surface area contributed by atoms with Crippen LogP contribution in [0, 0.1) is 5.92 Å². The monoisotopic (exact) mass is 324 g/mol.